The molecule has 3 heterocycles. The fraction of sp³-hybridized carbons (Fsp3) is 0.429. The van der Waals surface area contributed by atoms with Crippen LogP contribution in [-0.2, 0) is 4.79 Å². The Labute approximate surface area is 169 Å². The summed E-state index contributed by atoms with van der Waals surface area (Å²) in [5, 5.41) is 1.90. The summed E-state index contributed by atoms with van der Waals surface area (Å²) in [6.07, 6.45) is 1.65. The number of thiophene rings is 1. The molecule has 2 aromatic rings. The number of rotatable bonds is 4. The zero-order chi connectivity index (χ0) is 19.5. The summed E-state index contributed by atoms with van der Waals surface area (Å²) in [7, 11) is 1.66. The Morgan fingerprint density at radius 3 is 2.43 bits per heavy atom. The molecule has 1 aromatic carbocycles. The summed E-state index contributed by atoms with van der Waals surface area (Å²) in [6, 6.07) is 11.4. The van der Waals surface area contributed by atoms with Crippen LogP contribution in [0.5, 0.6) is 5.75 Å². The van der Waals surface area contributed by atoms with Crippen molar-refractivity contribution >= 4 is 28.8 Å². The van der Waals surface area contributed by atoms with E-state index in [1.165, 1.54) is 11.3 Å². The molecule has 28 heavy (non-hydrogen) atoms. The molecular weight excluding hydrogens is 374 g/mol. The summed E-state index contributed by atoms with van der Waals surface area (Å²) in [6.45, 7) is 3.62. The van der Waals surface area contributed by atoms with Crippen LogP contribution in [0.1, 0.15) is 22.5 Å². The first kappa shape index (κ1) is 18.8. The topological polar surface area (TPSA) is 53.1 Å². The van der Waals surface area contributed by atoms with Gasteiger partial charge < -0.3 is 19.4 Å². The summed E-state index contributed by atoms with van der Waals surface area (Å²) < 4.78 is 5.22. The van der Waals surface area contributed by atoms with Gasteiger partial charge in [-0.2, -0.15) is 0 Å². The minimum atomic E-state index is -0.317. The van der Waals surface area contributed by atoms with Crippen molar-refractivity contribution in [3.05, 3.63) is 46.7 Å². The van der Waals surface area contributed by atoms with Crippen LogP contribution in [0.2, 0.25) is 0 Å². The molecular formula is C21H25N3O3S. The summed E-state index contributed by atoms with van der Waals surface area (Å²) in [5.41, 5.74) is 1.14. The van der Waals surface area contributed by atoms with Gasteiger partial charge in [-0.05, 0) is 48.6 Å². The maximum absolute atomic E-state index is 13.1. The predicted molar refractivity (Wildman–Crippen MR) is 110 cm³/mol. The second-order valence-electron chi connectivity index (χ2n) is 7.14. The van der Waals surface area contributed by atoms with E-state index in [-0.39, 0.29) is 17.9 Å². The quantitative estimate of drug-likeness (QED) is 0.793. The third kappa shape index (κ3) is 3.71. The molecule has 6 nitrogen and oxygen atoms in total. The third-order valence-corrected chi connectivity index (χ3v) is 6.42. The van der Waals surface area contributed by atoms with E-state index in [1.807, 2.05) is 34.5 Å². The van der Waals surface area contributed by atoms with Crippen molar-refractivity contribution in [2.45, 2.75) is 18.9 Å². The SMILES string of the molecule is COc1ccc(N2CCN(C(=O)C3CCCN3C(=O)c3cccs3)CC2)cc1. The van der Waals surface area contributed by atoms with Crippen molar-refractivity contribution in [3.8, 4) is 5.75 Å². The Morgan fingerprint density at radius 2 is 1.79 bits per heavy atom. The average Bonchev–Trinajstić information content (AvgIpc) is 3.45. The van der Waals surface area contributed by atoms with Gasteiger partial charge in [-0.1, -0.05) is 6.07 Å². The summed E-state index contributed by atoms with van der Waals surface area (Å²) >= 11 is 1.44. The number of anilines is 1. The Bertz CT molecular complexity index is 814. The average molecular weight is 400 g/mol. The van der Waals surface area contributed by atoms with Crippen LogP contribution in [0.15, 0.2) is 41.8 Å². The van der Waals surface area contributed by atoms with Gasteiger partial charge in [-0.3, -0.25) is 9.59 Å². The first-order valence-corrected chi connectivity index (χ1v) is 10.6. The lowest BCUT2D eigenvalue weighted by atomic mass is 10.1. The van der Waals surface area contributed by atoms with Gasteiger partial charge in [-0.25, -0.2) is 0 Å². The number of benzene rings is 1. The first-order chi connectivity index (χ1) is 13.7. The van der Waals surface area contributed by atoms with E-state index >= 15 is 0 Å². The highest BCUT2D eigenvalue weighted by atomic mass is 32.1. The van der Waals surface area contributed by atoms with Crippen LogP contribution in [0, 0.1) is 0 Å². The standard InChI is InChI=1S/C21H25N3O3S/c1-27-17-8-6-16(7-9-17)22-11-13-23(14-12-22)20(25)18-4-2-10-24(18)21(26)19-5-3-15-28-19/h3,5-9,15,18H,2,4,10-14H2,1H3. The van der Waals surface area contributed by atoms with E-state index in [0.29, 0.717) is 24.5 Å². The number of likely N-dealkylation sites (tertiary alicyclic amines) is 1. The highest BCUT2D eigenvalue weighted by Gasteiger charge is 2.37. The van der Waals surface area contributed by atoms with Crippen LogP contribution in [0.4, 0.5) is 5.69 Å². The van der Waals surface area contributed by atoms with E-state index in [2.05, 4.69) is 17.0 Å². The van der Waals surface area contributed by atoms with Crippen LogP contribution < -0.4 is 9.64 Å². The second kappa shape index (κ2) is 8.22. The Balaban J connectivity index is 1.37. The number of carbonyl (C=O) groups excluding carboxylic acids is 2. The molecule has 148 valence electrons. The minimum absolute atomic E-state index is 0.0114. The predicted octanol–water partition coefficient (Wildman–Crippen LogP) is 2.71. The van der Waals surface area contributed by atoms with E-state index in [1.54, 1.807) is 12.0 Å². The molecule has 0 saturated carbocycles. The normalized spacial score (nSPS) is 19.8. The molecule has 1 aromatic heterocycles. The summed E-state index contributed by atoms with van der Waals surface area (Å²) in [5.74, 6) is 0.925. The van der Waals surface area contributed by atoms with Gasteiger partial charge in [0.15, 0.2) is 0 Å². The number of methoxy groups -OCH3 is 1. The maximum atomic E-state index is 13.1. The highest BCUT2D eigenvalue weighted by Crippen LogP contribution is 2.25. The number of amides is 2. The molecule has 0 aliphatic carbocycles. The molecule has 0 spiro atoms. The van der Waals surface area contributed by atoms with E-state index in [4.69, 9.17) is 4.74 Å². The number of nitrogens with zero attached hydrogens (tertiary/aromatic N) is 3. The zero-order valence-corrected chi connectivity index (χ0v) is 16.9. The van der Waals surface area contributed by atoms with Crippen molar-refractivity contribution in [1.82, 2.24) is 9.80 Å². The molecule has 0 N–H and O–H groups in total. The summed E-state index contributed by atoms with van der Waals surface area (Å²) in [4.78, 5) is 32.5. The number of carbonyl (C=O) groups is 2. The lowest BCUT2D eigenvalue weighted by Crippen LogP contribution is -2.54. The van der Waals surface area contributed by atoms with Gasteiger partial charge >= 0.3 is 0 Å². The molecule has 0 bridgehead atoms. The first-order valence-electron chi connectivity index (χ1n) is 9.69. The maximum Gasteiger partial charge on any atom is 0.264 e. The number of hydrogen-bond donors (Lipinski definition) is 0. The minimum Gasteiger partial charge on any atom is -0.497 e. The molecule has 2 aliphatic rings. The Morgan fingerprint density at radius 1 is 1.04 bits per heavy atom. The zero-order valence-electron chi connectivity index (χ0n) is 16.0. The van der Waals surface area contributed by atoms with Crippen LogP contribution >= 0.6 is 11.3 Å². The van der Waals surface area contributed by atoms with Crippen molar-refractivity contribution in [3.63, 3.8) is 0 Å². The van der Waals surface area contributed by atoms with Gasteiger partial charge in [0.1, 0.15) is 11.8 Å². The van der Waals surface area contributed by atoms with Crippen LogP contribution in [0.25, 0.3) is 0 Å². The fourth-order valence-electron chi connectivity index (χ4n) is 4.00. The van der Waals surface area contributed by atoms with Gasteiger partial charge in [0.05, 0.1) is 12.0 Å². The van der Waals surface area contributed by atoms with Crippen molar-refractivity contribution in [2.24, 2.45) is 0 Å². The third-order valence-electron chi connectivity index (χ3n) is 5.56. The second-order valence-corrected chi connectivity index (χ2v) is 8.09. The van der Waals surface area contributed by atoms with Crippen LogP contribution in [0.3, 0.4) is 0 Å². The van der Waals surface area contributed by atoms with E-state index in [9.17, 15) is 9.59 Å². The van der Waals surface area contributed by atoms with Crippen molar-refractivity contribution < 1.29 is 14.3 Å². The molecule has 2 amide bonds. The number of hydrogen-bond acceptors (Lipinski definition) is 5. The highest BCUT2D eigenvalue weighted by molar-refractivity contribution is 7.12. The molecule has 4 rings (SSSR count). The van der Waals surface area contributed by atoms with E-state index in [0.717, 1.165) is 37.4 Å². The molecule has 0 radical (unpaired) electrons. The lowest BCUT2D eigenvalue weighted by molar-refractivity contribution is -0.135. The molecule has 1 atom stereocenters. The fourth-order valence-corrected chi connectivity index (χ4v) is 4.68. The van der Waals surface area contributed by atoms with Gasteiger partial charge in [0, 0.05) is 38.4 Å². The molecule has 2 saturated heterocycles. The molecule has 7 heteroatoms. The molecule has 1 unspecified atom stereocenters. The number of piperazine rings is 1. The van der Waals surface area contributed by atoms with Gasteiger partial charge in [0.2, 0.25) is 5.91 Å². The Kier molecular flexibility index (Phi) is 5.52. The van der Waals surface area contributed by atoms with Crippen molar-refractivity contribution in [2.75, 3.05) is 44.7 Å². The van der Waals surface area contributed by atoms with Gasteiger partial charge in [0.25, 0.3) is 5.91 Å². The Hall–Kier alpha value is -2.54. The van der Waals surface area contributed by atoms with E-state index < -0.39 is 0 Å². The van der Waals surface area contributed by atoms with Crippen molar-refractivity contribution in [1.29, 1.82) is 0 Å². The lowest BCUT2D eigenvalue weighted by Gasteiger charge is -2.38. The monoisotopic (exact) mass is 399 g/mol. The molecule has 2 fully saturated rings. The smallest absolute Gasteiger partial charge is 0.264 e. The van der Waals surface area contributed by atoms with Crippen LogP contribution in [-0.4, -0.2) is 67.5 Å². The largest absolute Gasteiger partial charge is 0.497 e. The molecule has 2 aliphatic heterocycles. The number of ether oxygens (including phenoxy) is 1. The van der Waals surface area contributed by atoms with Gasteiger partial charge in [-0.15, -0.1) is 11.3 Å².